The molecular weight excluding hydrogens is 185 g/mol. The molecule has 0 saturated heterocycles. The summed E-state index contributed by atoms with van der Waals surface area (Å²) in [6.45, 7) is 3.46. The minimum atomic E-state index is -0.607. The van der Waals surface area contributed by atoms with E-state index in [0.717, 1.165) is 6.07 Å². The van der Waals surface area contributed by atoms with Gasteiger partial charge in [0.1, 0.15) is 5.82 Å². The molecule has 3 nitrogen and oxygen atoms in total. The number of phenols is 1. The van der Waals surface area contributed by atoms with Crippen LogP contribution in [0.4, 0.5) is 4.39 Å². The second kappa shape index (κ2) is 4.11. The average molecular weight is 197 g/mol. The van der Waals surface area contributed by atoms with Gasteiger partial charge in [0.25, 0.3) is 0 Å². The van der Waals surface area contributed by atoms with E-state index in [4.69, 9.17) is 10.5 Å². The van der Waals surface area contributed by atoms with Crippen LogP contribution in [0.5, 0.6) is 11.5 Å². The predicted octanol–water partition coefficient (Wildman–Crippen LogP) is 1.73. The zero-order valence-electron chi connectivity index (χ0n) is 7.83. The maximum atomic E-state index is 13.3. The topological polar surface area (TPSA) is 55.5 Å². The van der Waals surface area contributed by atoms with E-state index in [2.05, 4.69) is 6.58 Å². The fourth-order valence-corrected chi connectivity index (χ4v) is 1.10. The summed E-state index contributed by atoms with van der Waals surface area (Å²) in [4.78, 5) is 0. The molecule has 0 aliphatic rings. The van der Waals surface area contributed by atoms with Crippen LogP contribution in [0.1, 0.15) is 11.6 Å². The Morgan fingerprint density at radius 1 is 1.64 bits per heavy atom. The summed E-state index contributed by atoms with van der Waals surface area (Å²) in [6, 6.07) is 1.72. The molecule has 1 aromatic carbocycles. The van der Waals surface area contributed by atoms with E-state index in [0.29, 0.717) is 0 Å². The summed E-state index contributed by atoms with van der Waals surface area (Å²) in [7, 11) is 1.39. The highest BCUT2D eigenvalue weighted by Crippen LogP contribution is 2.30. The molecule has 0 radical (unpaired) electrons. The molecule has 1 rings (SSSR count). The average Bonchev–Trinajstić information content (AvgIpc) is 2.17. The SMILES string of the molecule is C=C[C@@H](N)c1cc(OC)c(O)cc1F. The van der Waals surface area contributed by atoms with Gasteiger partial charge in [-0.2, -0.15) is 0 Å². The van der Waals surface area contributed by atoms with Gasteiger partial charge < -0.3 is 15.6 Å². The Bertz CT molecular complexity index is 352. The van der Waals surface area contributed by atoms with E-state index in [-0.39, 0.29) is 17.1 Å². The van der Waals surface area contributed by atoms with Crippen LogP contribution in [-0.2, 0) is 0 Å². The molecule has 3 N–H and O–H groups in total. The molecule has 0 spiro atoms. The van der Waals surface area contributed by atoms with Gasteiger partial charge in [-0.25, -0.2) is 4.39 Å². The fraction of sp³-hybridized carbons (Fsp3) is 0.200. The van der Waals surface area contributed by atoms with Crippen LogP contribution >= 0.6 is 0 Å². The third kappa shape index (κ3) is 1.85. The first-order valence-electron chi connectivity index (χ1n) is 4.04. The monoisotopic (exact) mass is 197 g/mol. The first-order valence-corrected chi connectivity index (χ1v) is 4.04. The lowest BCUT2D eigenvalue weighted by Gasteiger charge is -2.11. The number of nitrogens with two attached hydrogens (primary N) is 1. The standard InChI is InChI=1S/C10H12FNO2/c1-3-8(12)6-4-10(14-2)9(13)5-7(6)11/h3-5,8,13H,1,12H2,2H3/t8-/m1/s1. The van der Waals surface area contributed by atoms with Gasteiger partial charge in [-0.1, -0.05) is 6.08 Å². The fourth-order valence-electron chi connectivity index (χ4n) is 1.10. The molecule has 4 heteroatoms. The normalized spacial score (nSPS) is 12.2. The van der Waals surface area contributed by atoms with Crippen molar-refractivity contribution in [3.05, 3.63) is 36.2 Å². The first kappa shape index (κ1) is 10.5. The van der Waals surface area contributed by atoms with Crippen LogP contribution in [0.2, 0.25) is 0 Å². The van der Waals surface area contributed by atoms with Crippen molar-refractivity contribution in [2.45, 2.75) is 6.04 Å². The van der Waals surface area contributed by atoms with Crippen molar-refractivity contribution in [3.63, 3.8) is 0 Å². The molecule has 14 heavy (non-hydrogen) atoms. The lowest BCUT2D eigenvalue weighted by molar-refractivity contribution is 0.369. The Morgan fingerprint density at radius 2 is 2.29 bits per heavy atom. The van der Waals surface area contributed by atoms with Crippen molar-refractivity contribution in [2.75, 3.05) is 7.11 Å². The molecular formula is C10H12FNO2. The smallest absolute Gasteiger partial charge is 0.161 e. The summed E-state index contributed by atoms with van der Waals surface area (Å²) in [5, 5.41) is 9.24. The minimum absolute atomic E-state index is 0.193. The molecule has 0 aliphatic carbocycles. The van der Waals surface area contributed by atoms with E-state index >= 15 is 0 Å². The summed E-state index contributed by atoms with van der Waals surface area (Å²) in [6.07, 6.45) is 1.41. The number of methoxy groups -OCH3 is 1. The van der Waals surface area contributed by atoms with Crippen LogP contribution in [0.3, 0.4) is 0 Å². The predicted molar refractivity (Wildman–Crippen MR) is 51.7 cm³/mol. The summed E-state index contributed by atoms with van der Waals surface area (Å²) < 4.78 is 18.1. The number of halogens is 1. The maximum absolute atomic E-state index is 13.3. The molecule has 0 bridgehead atoms. The molecule has 0 heterocycles. The molecule has 0 saturated carbocycles. The van der Waals surface area contributed by atoms with Crippen molar-refractivity contribution in [1.29, 1.82) is 0 Å². The van der Waals surface area contributed by atoms with Gasteiger partial charge in [0.2, 0.25) is 0 Å². The Labute approximate surface area is 81.6 Å². The van der Waals surface area contributed by atoms with E-state index in [1.807, 2.05) is 0 Å². The maximum Gasteiger partial charge on any atom is 0.161 e. The molecule has 1 atom stereocenters. The van der Waals surface area contributed by atoms with Crippen molar-refractivity contribution >= 4 is 0 Å². The zero-order chi connectivity index (χ0) is 10.7. The highest BCUT2D eigenvalue weighted by Gasteiger charge is 2.13. The molecule has 0 aliphatic heterocycles. The van der Waals surface area contributed by atoms with Crippen LogP contribution in [0.15, 0.2) is 24.8 Å². The van der Waals surface area contributed by atoms with Crippen molar-refractivity contribution < 1.29 is 14.2 Å². The second-order valence-electron chi connectivity index (χ2n) is 2.81. The van der Waals surface area contributed by atoms with E-state index in [1.165, 1.54) is 19.3 Å². The zero-order valence-corrected chi connectivity index (χ0v) is 7.83. The van der Waals surface area contributed by atoms with Crippen LogP contribution in [-0.4, -0.2) is 12.2 Å². The van der Waals surface area contributed by atoms with Gasteiger partial charge >= 0.3 is 0 Å². The van der Waals surface area contributed by atoms with Crippen molar-refractivity contribution in [2.24, 2.45) is 5.73 Å². The van der Waals surface area contributed by atoms with Gasteiger partial charge in [0, 0.05) is 11.6 Å². The lowest BCUT2D eigenvalue weighted by Crippen LogP contribution is -2.09. The van der Waals surface area contributed by atoms with Gasteiger partial charge in [0.05, 0.1) is 13.2 Å². The molecule has 0 amide bonds. The van der Waals surface area contributed by atoms with Crippen LogP contribution < -0.4 is 10.5 Å². The van der Waals surface area contributed by atoms with Gasteiger partial charge in [-0.05, 0) is 6.07 Å². The lowest BCUT2D eigenvalue weighted by atomic mass is 10.1. The summed E-state index contributed by atoms with van der Waals surface area (Å²) >= 11 is 0. The largest absolute Gasteiger partial charge is 0.504 e. The van der Waals surface area contributed by atoms with E-state index in [1.54, 1.807) is 0 Å². The number of benzene rings is 1. The quantitative estimate of drug-likeness (QED) is 0.725. The summed E-state index contributed by atoms with van der Waals surface area (Å²) in [5.41, 5.74) is 5.82. The third-order valence-electron chi connectivity index (χ3n) is 1.91. The highest BCUT2D eigenvalue weighted by molar-refractivity contribution is 5.44. The molecule has 0 fully saturated rings. The third-order valence-corrected chi connectivity index (χ3v) is 1.91. The van der Waals surface area contributed by atoms with Crippen LogP contribution in [0.25, 0.3) is 0 Å². The Kier molecular flexibility index (Phi) is 3.09. The number of hydrogen-bond donors (Lipinski definition) is 2. The van der Waals surface area contributed by atoms with Gasteiger partial charge in [-0.15, -0.1) is 6.58 Å². The highest BCUT2D eigenvalue weighted by atomic mass is 19.1. The Balaban J connectivity index is 3.23. The van der Waals surface area contributed by atoms with Crippen LogP contribution in [0, 0.1) is 5.82 Å². The molecule has 0 unspecified atom stereocenters. The molecule has 1 aromatic rings. The molecule has 0 aromatic heterocycles. The van der Waals surface area contributed by atoms with E-state index < -0.39 is 11.9 Å². The Morgan fingerprint density at radius 3 is 2.79 bits per heavy atom. The van der Waals surface area contributed by atoms with Gasteiger partial charge in [-0.3, -0.25) is 0 Å². The van der Waals surface area contributed by atoms with Crippen molar-refractivity contribution in [1.82, 2.24) is 0 Å². The number of ether oxygens (including phenoxy) is 1. The number of hydrogen-bond acceptors (Lipinski definition) is 3. The molecule has 76 valence electrons. The minimum Gasteiger partial charge on any atom is -0.504 e. The van der Waals surface area contributed by atoms with Gasteiger partial charge in [0.15, 0.2) is 11.5 Å². The van der Waals surface area contributed by atoms with Crippen molar-refractivity contribution in [3.8, 4) is 11.5 Å². The summed E-state index contributed by atoms with van der Waals surface area (Å²) in [5.74, 6) is -0.626. The first-order chi connectivity index (χ1) is 6.60. The Hall–Kier alpha value is -1.55. The number of phenolic OH excluding ortho intramolecular Hbond substituents is 1. The van der Waals surface area contributed by atoms with E-state index in [9.17, 15) is 9.50 Å². The number of aromatic hydroxyl groups is 1. The second-order valence-corrected chi connectivity index (χ2v) is 2.81. The number of rotatable bonds is 3.